The fourth-order valence-electron chi connectivity index (χ4n) is 5.18. The van der Waals surface area contributed by atoms with Crippen LogP contribution in [-0.4, -0.2) is 30.5 Å². The number of rotatable bonds is 27. The average Bonchev–Trinajstić information content (AvgIpc) is 3.29. The molecule has 0 aliphatic carbocycles. The van der Waals surface area contributed by atoms with Crippen molar-refractivity contribution in [3.05, 3.63) is 122 Å². The molecule has 22 atom stereocenters. The van der Waals surface area contributed by atoms with E-state index in [2.05, 4.69) is 307 Å². The summed E-state index contributed by atoms with van der Waals surface area (Å²) in [7, 11) is 23.8. The second-order valence-electron chi connectivity index (χ2n) is 14.5. The Labute approximate surface area is 545 Å². The molecule has 0 N–H and O–H groups in total. The van der Waals surface area contributed by atoms with Crippen LogP contribution in [0.5, 0.6) is 0 Å². The van der Waals surface area contributed by atoms with E-state index in [1.165, 1.54) is 33.4 Å². The monoisotopic (exact) mass is 1880 g/mol. The van der Waals surface area contributed by atoms with Gasteiger partial charge in [0.05, 0.1) is 54.5 Å². The molecule has 71 heavy (non-hydrogen) atoms. The van der Waals surface area contributed by atoms with Crippen molar-refractivity contribution in [2.45, 2.75) is 120 Å². The maximum atomic E-state index is 8.12. The zero-order chi connectivity index (χ0) is 55.8. The van der Waals surface area contributed by atoms with Crippen LogP contribution in [-0.2, 0) is 46.2 Å². The number of allylic oxidation sites excluding steroid dienone is 16. The molecule has 16 unspecified atom stereocenters. The van der Waals surface area contributed by atoms with E-state index < -0.39 is 22.6 Å². The van der Waals surface area contributed by atoms with Crippen LogP contribution in [0.3, 0.4) is 0 Å². The van der Waals surface area contributed by atoms with Gasteiger partial charge in [0.2, 0.25) is 0 Å². The number of hydrogen-bond acceptors (Lipinski definition) is 6. The first kappa shape index (κ1) is 92.5. The molecule has 1 radical (unpaired) electrons. The third-order valence-electron chi connectivity index (χ3n) is 7.93. The van der Waals surface area contributed by atoms with Gasteiger partial charge in [0.15, 0.2) is 0 Å². The van der Waals surface area contributed by atoms with E-state index in [4.69, 9.17) is 27.7 Å². The Morgan fingerprint density at radius 3 is 1.23 bits per heavy atom. The van der Waals surface area contributed by atoms with Crippen molar-refractivity contribution in [3.8, 4) is 0 Å². The fourth-order valence-corrected chi connectivity index (χ4v) is 14.4. The van der Waals surface area contributed by atoms with Crippen LogP contribution in [0.1, 0.15) is 95.9 Å². The maximum Gasteiger partial charge on any atom is 0.373 e. The summed E-state index contributed by atoms with van der Waals surface area (Å²) >= 11 is 11.1. The Kier molecular flexibility index (Phi) is 87.1. The summed E-state index contributed by atoms with van der Waals surface area (Å²) in [6.45, 7) is 29.4. The molecule has 0 fully saturated rings. The predicted octanol–water partition coefficient (Wildman–Crippen LogP) is 24.0. The molecule has 0 aromatic rings. The van der Waals surface area contributed by atoms with Gasteiger partial charge in [0.1, 0.15) is -0.0619 Å². The third kappa shape index (κ3) is 70.1. The van der Waals surface area contributed by atoms with Crippen LogP contribution in [0.2, 0.25) is 0 Å². The van der Waals surface area contributed by atoms with Gasteiger partial charge in [-0.05, 0) is 135 Å². The van der Waals surface area contributed by atoms with Gasteiger partial charge >= 0.3 is 6.15 Å². The summed E-state index contributed by atoms with van der Waals surface area (Å²) in [5, 5.41) is 0. The molecule has 0 aliphatic rings. The van der Waals surface area contributed by atoms with Gasteiger partial charge in [-0.15, -0.1) is 35.7 Å². The van der Waals surface area contributed by atoms with E-state index >= 15 is 0 Å². The van der Waals surface area contributed by atoms with E-state index in [0.29, 0.717) is 11.8 Å². The van der Waals surface area contributed by atoms with E-state index in [1.54, 1.807) is 0 Å². The van der Waals surface area contributed by atoms with Crippen LogP contribution in [0.25, 0.3) is 0 Å². The molecule has 28 heteroatoms. The summed E-state index contributed by atoms with van der Waals surface area (Å²) in [6, 6.07) is 0. The number of hydrogen-bond donors (Lipinski definition) is 0. The Morgan fingerprint density at radius 2 is 0.915 bits per heavy atom. The number of carbonyl (C=O) groups excluding carboxylic acids is 2. The molecule has 0 spiro atoms. The standard InChI is InChI=1S/C19H38O2P8.C12H30O2P8.C9H13I.CHI3.CH2I.CO2.V/c1-7-14(2)11-15(3)9-8-10-16(4)12-19(21-29(25)27-23)17(5)13-18(6)20-28(24)26-22;1-5-6-9(2)7-12(14-22(18)20-16)10(3)8-11(4)13-21(17)19-15;1-4-5-8(2)6-9(3)7-10;2-1(3)4;1-2;2-1-3;/h7-12,17-19,26-27H,1,13,22-25H2,2-6H3;5-7,10-12,19-20H,8,15-18H2,1-4H3;4-7H,1-3H3;1H;1H2;;/q;;;;-1;;/b10-8+,14-11+,15-9+,16-12+;6-5+,9-7+;5-4+,8-6+,9-7+;;;;/t17-,18-,19-,28?,29?;10-,11-,12-,21?,22?;;;;;/m00...../s1. The second kappa shape index (κ2) is 66.9. The van der Waals surface area contributed by atoms with Gasteiger partial charge in [-0.25, -0.2) is 0 Å². The SMILES string of the molecule is C/C=C/C(C)=C/C(C)=C/I.C/C=C/C(C)=C/[C@H](OP(P)PP)[C@@H](C)C[C@H](C)OP(P)PP.C=C/C(C)=C/C(C)=C/C=C/C(C)=C/[C@H](OP(P)PP)[C@@H](C)C[C@H](C)OP(P)PP.IC(I)I.O=C=O.[CH2-]I.[V]. The zero-order valence-electron chi connectivity index (χ0n) is 43.1. The summed E-state index contributed by atoms with van der Waals surface area (Å²) in [6.07, 6.45) is 28.4. The Balaban J connectivity index is -0.000000170. The van der Waals surface area contributed by atoms with Gasteiger partial charge in [0, 0.05) is 18.6 Å². The molecule has 6 nitrogen and oxygen atoms in total. The van der Waals surface area contributed by atoms with Crippen molar-refractivity contribution in [3.63, 3.8) is 0 Å². The number of halogens is 5. The van der Waals surface area contributed by atoms with Crippen molar-refractivity contribution >= 4 is 252 Å². The largest absolute Gasteiger partial charge is 0.373 e. The molecule has 0 saturated carbocycles. The molecule has 0 saturated heterocycles. The van der Waals surface area contributed by atoms with Crippen LogP contribution in [0.4, 0.5) is 0 Å². The van der Waals surface area contributed by atoms with Crippen molar-refractivity contribution < 1.29 is 46.2 Å². The van der Waals surface area contributed by atoms with Crippen LogP contribution < -0.4 is 0 Å². The summed E-state index contributed by atoms with van der Waals surface area (Å²) in [5.74, 6) is 0.820. The summed E-state index contributed by atoms with van der Waals surface area (Å²) < 4.78 is 27.6. The zero-order valence-corrected chi connectivity index (χ0v) is 72.1. The fraction of sp³-hybridized carbons (Fsp3) is 0.488. The molecule has 0 heterocycles. The molecule has 0 amide bonds. The van der Waals surface area contributed by atoms with Gasteiger partial charge in [-0.3, -0.25) is 4.93 Å². The Hall–Kier alpha value is 7.73. The maximum absolute atomic E-state index is 8.12. The van der Waals surface area contributed by atoms with Gasteiger partial charge in [-0.1, -0.05) is 247 Å². The molecular weight excluding hydrogens is 1790 g/mol. The van der Waals surface area contributed by atoms with Gasteiger partial charge in [-0.2, -0.15) is 9.59 Å². The molecule has 0 aliphatic heterocycles. The molecule has 413 valence electrons. The molecular formula is C43H84I5O6P16V-. The quantitative estimate of drug-likeness (QED) is 0.0268. The van der Waals surface area contributed by atoms with E-state index in [9.17, 15) is 0 Å². The molecule has 0 bridgehead atoms. The van der Waals surface area contributed by atoms with Gasteiger partial charge < -0.3 is 40.7 Å². The minimum absolute atomic E-state index is 0. The first-order valence-corrected chi connectivity index (χ1v) is 53.6. The average molecular weight is 1880 g/mol. The Morgan fingerprint density at radius 1 is 0.606 bits per heavy atom. The normalized spacial score (nSPS) is 17.5. The molecule has 0 aromatic heterocycles. The number of alkyl halides is 3. The summed E-state index contributed by atoms with van der Waals surface area (Å²) in [4.78, 5) is 19.5. The summed E-state index contributed by atoms with van der Waals surface area (Å²) in [5.41, 5.74) is 7.45. The predicted molar refractivity (Wildman–Crippen MR) is 413 cm³/mol. The Bertz CT molecular complexity index is 1620. The minimum atomic E-state index is -0.494. The van der Waals surface area contributed by atoms with E-state index in [0.717, 1.165) is 44.6 Å². The molecule has 0 aromatic carbocycles. The second-order valence-corrected chi connectivity index (χ2v) is 60.0. The third-order valence-corrected chi connectivity index (χ3v) is 43.1. The first-order valence-electron chi connectivity index (χ1n) is 20.9. The topological polar surface area (TPSA) is 71.1 Å². The van der Waals surface area contributed by atoms with E-state index in [-0.39, 0.29) is 56.6 Å². The van der Waals surface area contributed by atoms with E-state index in [1.807, 2.05) is 48.6 Å². The molecule has 0 rings (SSSR count). The van der Waals surface area contributed by atoms with Crippen LogP contribution >= 0.6 is 246 Å². The van der Waals surface area contributed by atoms with Crippen molar-refractivity contribution in [2.75, 3.05) is 0 Å². The van der Waals surface area contributed by atoms with Gasteiger partial charge in [0.25, 0.3) is 0 Å². The van der Waals surface area contributed by atoms with Crippen LogP contribution in [0, 0.1) is 16.8 Å². The smallest absolute Gasteiger partial charge is 0.348 e. The first-order chi connectivity index (χ1) is 32.8. The minimum Gasteiger partial charge on any atom is -0.348 e. The van der Waals surface area contributed by atoms with Crippen LogP contribution in [0.15, 0.2) is 117 Å². The van der Waals surface area contributed by atoms with Crippen molar-refractivity contribution in [2.24, 2.45) is 11.8 Å². The van der Waals surface area contributed by atoms with Crippen molar-refractivity contribution in [1.82, 2.24) is 0 Å². The van der Waals surface area contributed by atoms with Crippen molar-refractivity contribution in [1.29, 1.82) is 0 Å².